The van der Waals surface area contributed by atoms with Gasteiger partial charge in [0.1, 0.15) is 6.04 Å². The number of benzene rings is 1. The lowest BCUT2D eigenvalue weighted by molar-refractivity contribution is -0.129. The highest BCUT2D eigenvalue weighted by Gasteiger charge is 2.37. The molecule has 3 rings (SSSR count). The number of anilines is 1. The van der Waals surface area contributed by atoms with Gasteiger partial charge in [-0.15, -0.1) is 0 Å². The molecule has 124 valence electrons. The summed E-state index contributed by atoms with van der Waals surface area (Å²) < 4.78 is 0. The molecule has 0 radical (unpaired) electrons. The van der Waals surface area contributed by atoms with E-state index < -0.39 is 6.04 Å². The summed E-state index contributed by atoms with van der Waals surface area (Å²) in [4.78, 5) is 26.7. The maximum atomic E-state index is 12.6. The van der Waals surface area contributed by atoms with Gasteiger partial charge >= 0.3 is 0 Å². The molecule has 1 aromatic rings. The molecule has 1 unspecified atom stereocenters. The molecule has 0 spiro atoms. The summed E-state index contributed by atoms with van der Waals surface area (Å²) in [5.41, 5.74) is 6.52. The number of halogens is 1. The van der Waals surface area contributed by atoms with E-state index in [1.54, 1.807) is 17.0 Å². The van der Waals surface area contributed by atoms with Gasteiger partial charge in [0.2, 0.25) is 11.8 Å². The van der Waals surface area contributed by atoms with E-state index in [0.717, 1.165) is 24.9 Å². The number of amides is 2. The topological polar surface area (TPSA) is 75.4 Å². The van der Waals surface area contributed by atoms with Crippen molar-refractivity contribution in [2.24, 2.45) is 17.6 Å². The number of rotatable bonds is 4. The Hall–Kier alpha value is -1.59. The number of hydrogen-bond acceptors (Lipinski definition) is 3. The molecule has 2 fully saturated rings. The van der Waals surface area contributed by atoms with Crippen molar-refractivity contribution < 1.29 is 9.59 Å². The highest BCUT2D eigenvalue weighted by molar-refractivity contribution is 6.31. The van der Waals surface area contributed by atoms with Gasteiger partial charge in [0.25, 0.3) is 0 Å². The Morgan fingerprint density at radius 2 is 2.17 bits per heavy atom. The molecule has 23 heavy (non-hydrogen) atoms. The van der Waals surface area contributed by atoms with Gasteiger partial charge in [-0.2, -0.15) is 0 Å². The maximum Gasteiger partial charge on any atom is 0.249 e. The lowest BCUT2D eigenvalue weighted by Crippen LogP contribution is -2.45. The fraction of sp³-hybridized carbons (Fsp3) is 0.529. The second kappa shape index (κ2) is 6.89. The van der Waals surface area contributed by atoms with Gasteiger partial charge in [-0.05, 0) is 49.9 Å². The summed E-state index contributed by atoms with van der Waals surface area (Å²) >= 11 is 5.99. The summed E-state index contributed by atoms with van der Waals surface area (Å²) in [6, 6.07) is 6.78. The number of nitrogens with zero attached hydrogens (tertiary/aromatic N) is 1. The number of hydrogen-bond donors (Lipinski definition) is 2. The van der Waals surface area contributed by atoms with Gasteiger partial charge in [-0.25, -0.2) is 0 Å². The Morgan fingerprint density at radius 1 is 1.35 bits per heavy atom. The lowest BCUT2D eigenvalue weighted by atomic mass is 9.95. The minimum Gasteiger partial charge on any atom is -0.344 e. The van der Waals surface area contributed by atoms with Crippen LogP contribution >= 0.6 is 11.6 Å². The van der Waals surface area contributed by atoms with Crippen LogP contribution in [0.3, 0.4) is 0 Å². The first-order valence-corrected chi connectivity index (χ1v) is 8.55. The van der Waals surface area contributed by atoms with Crippen molar-refractivity contribution in [1.82, 2.24) is 5.32 Å². The molecule has 1 aliphatic heterocycles. The van der Waals surface area contributed by atoms with Crippen LogP contribution < -0.4 is 16.0 Å². The Morgan fingerprint density at radius 3 is 2.91 bits per heavy atom. The minimum absolute atomic E-state index is 0.0238. The van der Waals surface area contributed by atoms with E-state index in [1.165, 1.54) is 0 Å². The predicted octanol–water partition coefficient (Wildman–Crippen LogP) is 1.94. The second-order valence-electron chi connectivity index (χ2n) is 6.35. The predicted molar refractivity (Wildman–Crippen MR) is 90.2 cm³/mol. The molecular weight excluding hydrogens is 314 g/mol. The Labute approximate surface area is 141 Å². The Kier molecular flexibility index (Phi) is 4.87. The average Bonchev–Trinajstić information content (AvgIpc) is 3.15. The Bertz CT molecular complexity index is 607. The Balaban J connectivity index is 1.64. The molecule has 6 heteroatoms. The lowest BCUT2D eigenvalue weighted by Gasteiger charge is -2.21. The van der Waals surface area contributed by atoms with E-state index in [0.29, 0.717) is 24.5 Å². The van der Waals surface area contributed by atoms with Crippen molar-refractivity contribution in [1.29, 1.82) is 0 Å². The number of carbonyl (C=O) groups excluding carboxylic acids is 2. The van der Waals surface area contributed by atoms with Gasteiger partial charge < -0.3 is 16.0 Å². The van der Waals surface area contributed by atoms with Crippen LogP contribution in [0.1, 0.15) is 25.7 Å². The number of carbonyl (C=O) groups is 2. The molecule has 1 aliphatic carbocycles. The molecule has 2 amide bonds. The van der Waals surface area contributed by atoms with Crippen molar-refractivity contribution >= 4 is 29.1 Å². The molecule has 3 N–H and O–H groups in total. The van der Waals surface area contributed by atoms with Crippen molar-refractivity contribution in [2.75, 3.05) is 18.0 Å². The van der Waals surface area contributed by atoms with Crippen LogP contribution in [0.15, 0.2) is 24.3 Å². The second-order valence-corrected chi connectivity index (χ2v) is 6.79. The first-order chi connectivity index (χ1) is 11.1. The summed E-state index contributed by atoms with van der Waals surface area (Å²) in [6.07, 6.45) is 3.53. The molecule has 1 saturated carbocycles. The van der Waals surface area contributed by atoms with Gasteiger partial charge in [0, 0.05) is 23.2 Å². The van der Waals surface area contributed by atoms with Gasteiger partial charge in [-0.3, -0.25) is 9.59 Å². The largest absolute Gasteiger partial charge is 0.344 e. The maximum absolute atomic E-state index is 12.6. The molecule has 1 aromatic carbocycles. The van der Waals surface area contributed by atoms with Crippen molar-refractivity contribution in [3.63, 3.8) is 0 Å². The molecule has 1 heterocycles. The third kappa shape index (κ3) is 3.35. The highest BCUT2D eigenvalue weighted by atomic mass is 35.5. The molecule has 0 bridgehead atoms. The summed E-state index contributed by atoms with van der Waals surface area (Å²) in [6.45, 7) is 1.13. The molecule has 0 aromatic heterocycles. The van der Waals surface area contributed by atoms with Crippen LogP contribution in [0.2, 0.25) is 5.02 Å². The zero-order valence-electron chi connectivity index (χ0n) is 13.0. The monoisotopic (exact) mass is 335 g/mol. The van der Waals surface area contributed by atoms with Gasteiger partial charge in [-0.1, -0.05) is 24.1 Å². The van der Waals surface area contributed by atoms with Gasteiger partial charge in [0.15, 0.2) is 0 Å². The average molecular weight is 336 g/mol. The van der Waals surface area contributed by atoms with Gasteiger partial charge in [0.05, 0.1) is 0 Å². The van der Waals surface area contributed by atoms with E-state index in [9.17, 15) is 9.59 Å². The zero-order chi connectivity index (χ0) is 16.4. The third-order valence-electron chi connectivity index (χ3n) is 4.94. The van der Waals surface area contributed by atoms with Crippen molar-refractivity contribution in [3.8, 4) is 0 Å². The summed E-state index contributed by atoms with van der Waals surface area (Å²) in [5.74, 6) is 0.107. The summed E-state index contributed by atoms with van der Waals surface area (Å²) in [7, 11) is 0. The molecule has 3 atom stereocenters. The standard InChI is InChI=1S/C17H22ClN3O2/c18-12-4-2-5-13(9-12)21-8-7-15(17(21)23)20-16(22)14-6-1-3-11(14)10-19/h2,4-5,9,11,14-15H,1,3,6-8,10,19H2,(H,20,22)/t11-,14-,15?/m1/s1. The smallest absolute Gasteiger partial charge is 0.249 e. The molecule has 5 nitrogen and oxygen atoms in total. The summed E-state index contributed by atoms with van der Waals surface area (Å²) in [5, 5.41) is 3.53. The molecule has 1 saturated heterocycles. The van der Waals surface area contributed by atoms with Crippen LogP contribution in [-0.2, 0) is 9.59 Å². The normalized spacial score (nSPS) is 27.5. The van der Waals surface area contributed by atoms with E-state index in [-0.39, 0.29) is 23.7 Å². The first kappa shape index (κ1) is 16.3. The van der Waals surface area contributed by atoms with Crippen LogP contribution in [0.25, 0.3) is 0 Å². The third-order valence-corrected chi connectivity index (χ3v) is 5.18. The van der Waals surface area contributed by atoms with Crippen LogP contribution in [0, 0.1) is 11.8 Å². The molecule has 2 aliphatic rings. The zero-order valence-corrected chi connectivity index (χ0v) is 13.8. The number of nitrogens with two attached hydrogens (primary N) is 1. The minimum atomic E-state index is -0.444. The van der Waals surface area contributed by atoms with Crippen molar-refractivity contribution in [2.45, 2.75) is 31.7 Å². The van der Waals surface area contributed by atoms with E-state index in [4.69, 9.17) is 17.3 Å². The molecular formula is C17H22ClN3O2. The first-order valence-electron chi connectivity index (χ1n) is 8.17. The van der Waals surface area contributed by atoms with E-state index in [1.807, 2.05) is 12.1 Å². The fourth-order valence-electron chi connectivity index (χ4n) is 3.66. The SMILES string of the molecule is NC[C@H]1CCC[C@H]1C(=O)NC1CCN(c2cccc(Cl)c2)C1=O. The highest BCUT2D eigenvalue weighted by Crippen LogP contribution is 2.31. The fourth-order valence-corrected chi connectivity index (χ4v) is 3.84. The van der Waals surface area contributed by atoms with Crippen molar-refractivity contribution in [3.05, 3.63) is 29.3 Å². The van der Waals surface area contributed by atoms with Crippen LogP contribution in [-0.4, -0.2) is 30.9 Å². The van der Waals surface area contributed by atoms with E-state index in [2.05, 4.69) is 5.32 Å². The van der Waals surface area contributed by atoms with E-state index >= 15 is 0 Å². The van der Waals surface area contributed by atoms with Crippen LogP contribution in [0.4, 0.5) is 5.69 Å². The quantitative estimate of drug-likeness (QED) is 0.883. The van der Waals surface area contributed by atoms with Crippen LogP contribution in [0.5, 0.6) is 0 Å². The number of nitrogens with one attached hydrogen (secondary N) is 1.